The number of nitrogens with one attached hydrogen (secondary N) is 2. The largest absolute Gasteiger partial charge is 0.464 e. The van der Waals surface area contributed by atoms with Crippen molar-refractivity contribution in [2.45, 2.75) is 13.0 Å². The molecule has 1 aliphatic rings. The number of rotatable bonds is 2. The fraction of sp³-hybridized carbons (Fsp3) is 0.200. The molecule has 0 saturated heterocycles. The van der Waals surface area contributed by atoms with Gasteiger partial charge >= 0.3 is 5.97 Å². The van der Waals surface area contributed by atoms with Crippen LogP contribution in [0, 0.1) is 0 Å². The molecule has 0 aliphatic carbocycles. The van der Waals surface area contributed by atoms with Gasteiger partial charge in [0.1, 0.15) is 0 Å². The minimum Gasteiger partial charge on any atom is -0.464 e. The van der Waals surface area contributed by atoms with E-state index in [1.807, 2.05) is 36.4 Å². The summed E-state index contributed by atoms with van der Waals surface area (Å²) in [6.07, 6.45) is 0. The van der Waals surface area contributed by atoms with E-state index < -0.39 is 17.9 Å². The number of anilines is 2. The van der Waals surface area contributed by atoms with E-state index in [1.165, 1.54) is 0 Å². The summed E-state index contributed by atoms with van der Waals surface area (Å²) in [7, 11) is 0. The van der Waals surface area contributed by atoms with Gasteiger partial charge in [0.05, 0.1) is 18.0 Å². The zero-order valence-corrected chi connectivity index (χ0v) is 11.0. The third-order valence-electron chi connectivity index (χ3n) is 3.26. The van der Waals surface area contributed by atoms with E-state index in [1.54, 1.807) is 6.92 Å². The Morgan fingerprint density at radius 3 is 2.85 bits per heavy atom. The van der Waals surface area contributed by atoms with Crippen molar-refractivity contribution in [1.82, 2.24) is 0 Å². The lowest BCUT2D eigenvalue weighted by Gasteiger charge is -2.26. The van der Waals surface area contributed by atoms with Gasteiger partial charge in [-0.05, 0) is 18.4 Å². The zero-order chi connectivity index (χ0) is 14.1. The van der Waals surface area contributed by atoms with Gasteiger partial charge in [0.2, 0.25) is 6.04 Å². The van der Waals surface area contributed by atoms with Gasteiger partial charge in [0, 0.05) is 5.39 Å². The number of fused-ring (bicyclic) bond motifs is 3. The number of carbonyl (C=O) groups is 2. The van der Waals surface area contributed by atoms with E-state index in [-0.39, 0.29) is 6.61 Å². The van der Waals surface area contributed by atoms with E-state index in [0.29, 0.717) is 5.69 Å². The Hall–Kier alpha value is -2.56. The lowest BCUT2D eigenvalue weighted by Crippen LogP contribution is -2.45. The number of carbonyl (C=O) groups excluding carboxylic acids is 2. The summed E-state index contributed by atoms with van der Waals surface area (Å²) in [5.41, 5.74) is 1.43. The average molecular weight is 270 g/mol. The first-order valence-electron chi connectivity index (χ1n) is 6.46. The molecule has 1 heterocycles. The molecule has 0 bridgehead atoms. The first-order chi connectivity index (χ1) is 9.70. The summed E-state index contributed by atoms with van der Waals surface area (Å²) < 4.78 is 4.89. The molecule has 0 saturated carbocycles. The van der Waals surface area contributed by atoms with Crippen molar-refractivity contribution < 1.29 is 14.3 Å². The quantitative estimate of drug-likeness (QED) is 0.648. The molecule has 2 N–H and O–H groups in total. The van der Waals surface area contributed by atoms with Crippen LogP contribution in [-0.4, -0.2) is 24.5 Å². The van der Waals surface area contributed by atoms with Gasteiger partial charge < -0.3 is 15.4 Å². The second-order valence-corrected chi connectivity index (χ2v) is 4.53. The highest BCUT2D eigenvalue weighted by atomic mass is 16.5. The lowest BCUT2D eigenvalue weighted by atomic mass is 10.0. The predicted molar refractivity (Wildman–Crippen MR) is 76.6 cm³/mol. The molecule has 3 rings (SSSR count). The molecule has 1 atom stereocenters. The monoisotopic (exact) mass is 270 g/mol. The third-order valence-corrected chi connectivity index (χ3v) is 3.26. The number of ether oxygens (including phenoxy) is 1. The summed E-state index contributed by atoms with van der Waals surface area (Å²) in [4.78, 5) is 23.8. The topological polar surface area (TPSA) is 67.4 Å². The second-order valence-electron chi connectivity index (χ2n) is 4.53. The number of benzene rings is 2. The van der Waals surface area contributed by atoms with Crippen molar-refractivity contribution in [2.75, 3.05) is 17.2 Å². The summed E-state index contributed by atoms with van der Waals surface area (Å²) in [6.45, 7) is 1.95. The Bertz CT molecular complexity index is 697. The van der Waals surface area contributed by atoms with Crippen LogP contribution in [0.5, 0.6) is 0 Å². The Morgan fingerprint density at radius 2 is 2.05 bits per heavy atom. The van der Waals surface area contributed by atoms with Crippen LogP contribution in [0.2, 0.25) is 0 Å². The molecule has 20 heavy (non-hydrogen) atoms. The van der Waals surface area contributed by atoms with Crippen molar-refractivity contribution in [1.29, 1.82) is 0 Å². The van der Waals surface area contributed by atoms with Gasteiger partial charge in [-0.3, -0.25) is 4.79 Å². The van der Waals surface area contributed by atoms with Crippen molar-refractivity contribution in [3.8, 4) is 0 Å². The van der Waals surface area contributed by atoms with Crippen LogP contribution in [0.1, 0.15) is 6.92 Å². The van der Waals surface area contributed by atoms with Crippen LogP contribution in [0.4, 0.5) is 11.4 Å². The van der Waals surface area contributed by atoms with Gasteiger partial charge in [-0.2, -0.15) is 0 Å². The van der Waals surface area contributed by atoms with Gasteiger partial charge in [0.15, 0.2) is 0 Å². The van der Waals surface area contributed by atoms with E-state index in [0.717, 1.165) is 16.5 Å². The summed E-state index contributed by atoms with van der Waals surface area (Å²) in [6, 6.07) is 10.5. The normalized spacial score (nSPS) is 17.1. The molecule has 1 amide bonds. The minimum absolute atomic E-state index is 0.245. The number of amides is 1. The molecular weight excluding hydrogens is 256 g/mol. The molecule has 102 valence electrons. The SMILES string of the molecule is CCOC(=O)C1Nc2ccc3ccccc3c2NC1=O. The number of esters is 1. The van der Waals surface area contributed by atoms with Crippen LogP contribution in [0.15, 0.2) is 36.4 Å². The second kappa shape index (κ2) is 4.85. The van der Waals surface area contributed by atoms with Gasteiger partial charge in [0.25, 0.3) is 5.91 Å². The molecule has 2 aromatic rings. The molecule has 2 aromatic carbocycles. The van der Waals surface area contributed by atoms with Crippen molar-refractivity contribution in [3.05, 3.63) is 36.4 Å². The summed E-state index contributed by atoms with van der Waals surface area (Å²) in [5, 5.41) is 7.70. The number of hydrogen-bond acceptors (Lipinski definition) is 4. The molecule has 0 radical (unpaired) electrons. The first kappa shape index (κ1) is 12.5. The van der Waals surface area contributed by atoms with Crippen LogP contribution < -0.4 is 10.6 Å². The standard InChI is InChI=1S/C15H14N2O3/c1-2-20-15(19)13-14(18)17-12-10-6-4-3-5-9(10)7-8-11(12)16-13/h3-8,13,16H,2H2,1H3,(H,17,18). The van der Waals surface area contributed by atoms with Crippen molar-refractivity contribution in [3.63, 3.8) is 0 Å². The maximum atomic E-state index is 12.0. The molecule has 1 unspecified atom stereocenters. The fourth-order valence-corrected chi connectivity index (χ4v) is 2.33. The molecule has 0 aromatic heterocycles. The molecule has 5 heteroatoms. The van der Waals surface area contributed by atoms with Crippen molar-refractivity contribution in [2.24, 2.45) is 0 Å². The minimum atomic E-state index is -0.997. The van der Waals surface area contributed by atoms with Crippen LogP contribution in [0.3, 0.4) is 0 Å². The Balaban J connectivity index is 2.02. The van der Waals surface area contributed by atoms with Crippen LogP contribution in [0.25, 0.3) is 10.8 Å². The van der Waals surface area contributed by atoms with E-state index in [4.69, 9.17) is 4.74 Å². The molecule has 0 spiro atoms. The Kier molecular flexibility index (Phi) is 3.02. The average Bonchev–Trinajstić information content (AvgIpc) is 2.46. The van der Waals surface area contributed by atoms with Crippen LogP contribution >= 0.6 is 0 Å². The zero-order valence-electron chi connectivity index (χ0n) is 11.0. The highest BCUT2D eigenvalue weighted by Gasteiger charge is 2.33. The molecule has 0 fully saturated rings. The predicted octanol–water partition coefficient (Wildman–Crippen LogP) is 2.14. The van der Waals surface area contributed by atoms with Gasteiger partial charge in [-0.15, -0.1) is 0 Å². The Morgan fingerprint density at radius 1 is 1.25 bits per heavy atom. The van der Waals surface area contributed by atoms with Crippen molar-refractivity contribution >= 4 is 34.0 Å². The third kappa shape index (κ3) is 1.97. The fourth-order valence-electron chi connectivity index (χ4n) is 2.33. The highest BCUT2D eigenvalue weighted by Crippen LogP contribution is 2.34. The Labute approximate surface area is 115 Å². The summed E-state index contributed by atoms with van der Waals surface area (Å²) >= 11 is 0. The van der Waals surface area contributed by atoms with Crippen LogP contribution in [-0.2, 0) is 14.3 Å². The first-order valence-corrected chi connectivity index (χ1v) is 6.46. The highest BCUT2D eigenvalue weighted by molar-refractivity contribution is 6.18. The smallest absolute Gasteiger partial charge is 0.338 e. The molecule has 1 aliphatic heterocycles. The number of hydrogen-bond donors (Lipinski definition) is 2. The lowest BCUT2D eigenvalue weighted by molar-refractivity contribution is -0.146. The van der Waals surface area contributed by atoms with E-state index >= 15 is 0 Å². The van der Waals surface area contributed by atoms with E-state index in [9.17, 15) is 9.59 Å². The maximum absolute atomic E-state index is 12.0. The summed E-state index contributed by atoms with van der Waals surface area (Å²) in [5.74, 6) is -0.962. The van der Waals surface area contributed by atoms with Gasteiger partial charge in [-0.1, -0.05) is 30.3 Å². The van der Waals surface area contributed by atoms with E-state index in [2.05, 4.69) is 10.6 Å². The maximum Gasteiger partial charge on any atom is 0.338 e. The van der Waals surface area contributed by atoms with Gasteiger partial charge in [-0.25, -0.2) is 4.79 Å². The molecular formula is C15H14N2O3. The molecule has 5 nitrogen and oxygen atoms in total.